The van der Waals surface area contributed by atoms with Crippen molar-refractivity contribution >= 4 is 11.5 Å². The molecule has 0 saturated carbocycles. The fourth-order valence-corrected chi connectivity index (χ4v) is 2.35. The minimum Gasteiger partial charge on any atom is -0.486 e. The van der Waals surface area contributed by atoms with Gasteiger partial charge >= 0.3 is 5.97 Å². The highest BCUT2D eigenvalue weighted by Gasteiger charge is 2.24. The average molecular weight is 302 g/mol. The van der Waals surface area contributed by atoms with Crippen molar-refractivity contribution in [2.24, 2.45) is 0 Å². The number of carbonyl (C=O) groups excluding carboxylic acids is 1. The van der Waals surface area contributed by atoms with Crippen molar-refractivity contribution in [2.75, 3.05) is 0 Å². The molecule has 0 bridgehead atoms. The predicted octanol–water partition coefficient (Wildman–Crippen LogP) is 3.46. The summed E-state index contributed by atoms with van der Waals surface area (Å²) in [5.74, 6) is 0.218. The van der Waals surface area contributed by atoms with E-state index in [1.54, 1.807) is 12.1 Å². The van der Waals surface area contributed by atoms with E-state index in [1.165, 1.54) is 18.9 Å². The summed E-state index contributed by atoms with van der Waals surface area (Å²) in [6, 6.07) is 7.25. The standard InChI is InChI=1S/C18H22O4/c1-3-5-6-7-14(4-2)21-15-10-8-13(9-11-15)16-12-17(19)22-18(16)20/h4,8-12,14,18,20H,2-3,5-7H2,1H3. The molecule has 0 amide bonds. The third kappa shape index (κ3) is 4.21. The summed E-state index contributed by atoms with van der Waals surface area (Å²) in [4.78, 5) is 11.1. The number of aliphatic hydroxyl groups is 1. The fourth-order valence-electron chi connectivity index (χ4n) is 2.35. The Morgan fingerprint density at radius 3 is 2.64 bits per heavy atom. The zero-order valence-electron chi connectivity index (χ0n) is 12.8. The Morgan fingerprint density at radius 2 is 2.09 bits per heavy atom. The Morgan fingerprint density at radius 1 is 1.36 bits per heavy atom. The number of cyclic esters (lactones) is 1. The molecule has 0 fully saturated rings. The van der Waals surface area contributed by atoms with E-state index >= 15 is 0 Å². The van der Waals surface area contributed by atoms with Gasteiger partial charge in [0.05, 0.1) is 0 Å². The first-order valence-electron chi connectivity index (χ1n) is 7.64. The zero-order chi connectivity index (χ0) is 15.9. The Kier molecular flexibility index (Phi) is 5.78. The van der Waals surface area contributed by atoms with E-state index in [2.05, 4.69) is 18.2 Å². The van der Waals surface area contributed by atoms with E-state index in [-0.39, 0.29) is 6.10 Å². The van der Waals surface area contributed by atoms with Crippen LogP contribution in [0.15, 0.2) is 43.0 Å². The highest BCUT2D eigenvalue weighted by molar-refractivity contribution is 5.96. The van der Waals surface area contributed by atoms with Crippen LogP contribution < -0.4 is 4.74 Å². The van der Waals surface area contributed by atoms with E-state index in [1.807, 2.05) is 18.2 Å². The number of hydrogen-bond donors (Lipinski definition) is 1. The lowest BCUT2D eigenvalue weighted by atomic mass is 10.1. The van der Waals surface area contributed by atoms with Crippen molar-refractivity contribution in [1.29, 1.82) is 0 Å². The molecule has 2 rings (SSSR count). The van der Waals surface area contributed by atoms with Gasteiger partial charge in [-0.3, -0.25) is 0 Å². The molecule has 0 radical (unpaired) electrons. The molecule has 2 unspecified atom stereocenters. The molecule has 1 N–H and O–H groups in total. The van der Waals surface area contributed by atoms with Gasteiger partial charge in [0.1, 0.15) is 11.9 Å². The number of unbranched alkanes of at least 4 members (excludes halogenated alkanes) is 2. The molecule has 118 valence electrons. The normalized spacial score (nSPS) is 18.5. The van der Waals surface area contributed by atoms with Crippen LogP contribution in [0.2, 0.25) is 0 Å². The van der Waals surface area contributed by atoms with Gasteiger partial charge in [0.25, 0.3) is 0 Å². The molecule has 1 aromatic carbocycles. The van der Waals surface area contributed by atoms with Crippen LogP contribution in [0.3, 0.4) is 0 Å². The largest absolute Gasteiger partial charge is 0.486 e. The third-order valence-corrected chi connectivity index (χ3v) is 3.60. The van der Waals surface area contributed by atoms with E-state index in [9.17, 15) is 9.90 Å². The molecule has 2 atom stereocenters. The van der Waals surface area contributed by atoms with E-state index < -0.39 is 12.3 Å². The number of esters is 1. The molecular formula is C18H22O4. The van der Waals surface area contributed by atoms with Crippen LogP contribution in [0.25, 0.3) is 5.57 Å². The molecule has 1 heterocycles. The second kappa shape index (κ2) is 7.80. The van der Waals surface area contributed by atoms with Crippen LogP contribution in [0.5, 0.6) is 5.75 Å². The topological polar surface area (TPSA) is 55.8 Å². The van der Waals surface area contributed by atoms with Crippen molar-refractivity contribution < 1.29 is 19.4 Å². The van der Waals surface area contributed by atoms with Crippen LogP contribution in [0.1, 0.15) is 38.2 Å². The third-order valence-electron chi connectivity index (χ3n) is 3.60. The maximum atomic E-state index is 11.1. The monoisotopic (exact) mass is 302 g/mol. The SMILES string of the molecule is C=CC(CCCCC)Oc1ccc(C2=CC(=O)OC2O)cc1. The summed E-state index contributed by atoms with van der Waals surface area (Å²) >= 11 is 0. The Hall–Kier alpha value is -2.07. The molecule has 0 saturated heterocycles. The number of benzene rings is 1. The molecule has 0 spiro atoms. The number of rotatable bonds is 8. The van der Waals surface area contributed by atoms with Crippen molar-refractivity contribution in [3.05, 3.63) is 48.6 Å². The van der Waals surface area contributed by atoms with Crippen LogP contribution >= 0.6 is 0 Å². The van der Waals surface area contributed by atoms with Gasteiger partial charge in [-0.25, -0.2) is 4.79 Å². The highest BCUT2D eigenvalue weighted by atomic mass is 16.6. The minimum absolute atomic E-state index is 0.00130. The minimum atomic E-state index is -1.19. The molecule has 4 nitrogen and oxygen atoms in total. The Bertz CT molecular complexity index is 545. The number of hydrogen-bond acceptors (Lipinski definition) is 4. The zero-order valence-corrected chi connectivity index (χ0v) is 12.8. The first-order valence-corrected chi connectivity index (χ1v) is 7.64. The maximum Gasteiger partial charge on any atom is 0.333 e. The Balaban J connectivity index is 1.98. The Labute approximate surface area is 131 Å². The highest BCUT2D eigenvalue weighted by Crippen LogP contribution is 2.26. The molecule has 22 heavy (non-hydrogen) atoms. The first kappa shape index (κ1) is 16.3. The van der Waals surface area contributed by atoms with E-state index in [0.29, 0.717) is 5.57 Å². The van der Waals surface area contributed by atoms with Gasteiger partial charge in [-0.15, -0.1) is 0 Å². The molecule has 0 aliphatic carbocycles. The lowest BCUT2D eigenvalue weighted by Crippen LogP contribution is -2.13. The molecule has 1 aliphatic heterocycles. The van der Waals surface area contributed by atoms with Gasteiger partial charge in [-0.05, 0) is 30.5 Å². The van der Waals surface area contributed by atoms with Gasteiger partial charge in [-0.1, -0.05) is 44.6 Å². The van der Waals surface area contributed by atoms with Gasteiger partial charge in [0, 0.05) is 11.6 Å². The summed E-state index contributed by atoms with van der Waals surface area (Å²) in [6.45, 7) is 5.98. The summed E-state index contributed by atoms with van der Waals surface area (Å²) in [7, 11) is 0. The van der Waals surface area contributed by atoms with Crippen LogP contribution in [-0.4, -0.2) is 23.5 Å². The van der Waals surface area contributed by atoms with Crippen LogP contribution in [0.4, 0.5) is 0 Å². The van der Waals surface area contributed by atoms with Gasteiger partial charge in [0.15, 0.2) is 0 Å². The van der Waals surface area contributed by atoms with E-state index in [4.69, 9.17) is 4.74 Å². The summed E-state index contributed by atoms with van der Waals surface area (Å²) in [5.41, 5.74) is 1.21. The van der Waals surface area contributed by atoms with Crippen LogP contribution in [-0.2, 0) is 9.53 Å². The van der Waals surface area contributed by atoms with Gasteiger partial charge in [-0.2, -0.15) is 0 Å². The van der Waals surface area contributed by atoms with Gasteiger partial charge < -0.3 is 14.6 Å². The number of ether oxygens (including phenoxy) is 2. The lowest BCUT2D eigenvalue weighted by Gasteiger charge is -2.16. The smallest absolute Gasteiger partial charge is 0.333 e. The van der Waals surface area contributed by atoms with Crippen molar-refractivity contribution in [3.8, 4) is 5.75 Å². The number of carbonyl (C=O) groups is 1. The molecule has 4 heteroatoms. The van der Waals surface area contributed by atoms with Gasteiger partial charge in [0.2, 0.25) is 6.29 Å². The molecular weight excluding hydrogens is 280 g/mol. The number of aliphatic hydroxyl groups excluding tert-OH is 1. The lowest BCUT2D eigenvalue weighted by molar-refractivity contribution is -0.149. The van der Waals surface area contributed by atoms with Crippen LogP contribution in [0, 0.1) is 0 Å². The fraction of sp³-hybridized carbons (Fsp3) is 0.389. The van der Waals surface area contributed by atoms with E-state index in [0.717, 1.165) is 24.2 Å². The quantitative estimate of drug-likeness (QED) is 0.454. The molecule has 0 aromatic heterocycles. The average Bonchev–Trinajstić information content (AvgIpc) is 2.86. The predicted molar refractivity (Wildman–Crippen MR) is 85.3 cm³/mol. The van der Waals surface area contributed by atoms with Crippen molar-refractivity contribution in [3.63, 3.8) is 0 Å². The second-order valence-electron chi connectivity index (χ2n) is 5.30. The summed E-state index contributed by atoms with van der Waals surface area (Å²) in [6.07, 6.45) is 6.36. The molecule has 1 aliphatic rings. The summed E-state index contributed by atoms with van der Waals surface area (Å²) < 4.78 is 10.6. The second-order valence-corrected chi connectivity index (χ2v) is 5.30. The molecule has 1 aromatic rings. The maximum absolute atomic E-state index is 11.1. The van der Waals surface area contributed by atoms with Crippen molar-refractivity contribution in [2.45, 2.75) is 45.0 Å². The first-order chi connectivity index (χ1) is 10.6. The van der Waals surface area contributed by atoms with Crippen molar-refractivity contribution in [1.82, 2.24) is 0 Å². The summed E-state index contributed by atoms with van der Waals surface area (Å²) in [5, 5.41) is 9.63.